The molecule has 16 heavy (non-hydrogen) atoms. The normalized spacial score (nSPS) is 10.5. The van der Waals surface area contributed by atoms with Crippen molar-refractivity contribution in [2.24, 2.45) is 5.73 Å². The van der Waals surface area contributed by atoms with Gasteiger partial charge in [-0.3, -0.25) is 0 Å². The van der Waals surface area contributed by atoms with E-state index in [0.29, 0.717) is 6.54 Å². The number of unbranched alkanes of at least 4 members (excludes halogenated alkanes) is 1. The van der Waals surface area contributed by atoms with Gasteiger partial charge >= 0.3 is 0 Å². The first-order valence-corrected chi connectivity index (χ1v) is 6.75. The van der Waals surface area contributed by atoms with Gasteiger partial charge in [-0.15, -0.1) is 0 Å². The fourth-order valence-electron chi connectivity index (χ4n) is 1.73. The summed E-state index contributed by atoms with van der Waals surface area (Å²) in [5.41, 5.74) is 8.06. The lowest BCUT2D eigenvalue weighted by Crippen LogP contribution is -2.24. The average Bonchev–Trinajstić information content (AvgIpc) is 2.31. The molecule has 0 amide bonds. The summed E-state index contributed by atoms with van der Waals surface area (Å²) in [5, 5.41) is 0. The van der Waals surface area contributed by atoms with Gasteiger partial charge in [-0.1, -0.05) is 19.4 Å². The van der Waals surface area contributed by atoms with Gasteiger partial charge in [0, 0.05) is 24.1 Å². The molecule has 0 aliphatic heterocycles. The van der Waals surface area contributed by atoms with E-state index in [1.165, 1.54) is 24.1 Å². The van der Waals surface area contributed by atoms with Crippen LogP contribution in [-0.2, 0) is 6.54 Å². The van der Waals surface area contributed by atoms with Crippen LogP contribution < -0.4 is 10.6 Å². The van der Waals surface area contributed by atoms with Crippen LogP contribution in [0.15, 0.2) is 22.7 Å². The first kappa shape index (κ1) is 13.5. The molecule has 0 bridgehead atoms. The van der Waals surface area contributed by atoms with E-state index in [9.17, 15) is 0 Å². The molecule has 0 radical (unpaired) electrons. The van der Waals surface area contributed by atoms with Crippen LogP contribution in [-0.4, -0.2) is 13.1 Å². The number of anilines is 1. The minimum absolute atomic E-state index is 0.597. The number of nitrogens with two attached hydrogens (primary N) is 1. The molecule has 2 nitrogen and oxygen atoms in total. The van der Waals surface area contributed by atoms with Crippen molar-refractivity contribution in [3.05, 3.63) is 28.2 Å². The van der Waals surface area contributed by atoms with Crippen molar-refractivity contribution < 1.29 is 0 Å². The molecule has 2 N–H and O–H groups in total. The van der Waals surface area contributed by atoms with Gasteiger partial charge in [0.05, 0.1) is 5.69 Å². The molecule has 3 heteroatoms. The Morgan fingerprint density at radius 3 is 2.56 bits per heavy atom. The molecule has 0 saturated carbocycles. The third kappa shape index (κ3) is 3.49. The van der Waals surface area contributed by atoms with Gasteiger partial charge in [0.25, 0.3) is 0 Å². The number of hydrogen-bond acceptors (Lipinski definition) is 2. The lowest BCUT2D eigenvalue weighted by atomic mass is 10.2. The Kier molecular flexibility index (Phi) is 5.85. The molecule has 1 aromatic rings. The van der Waals surface area contributed by atoms with Crippen LogP contribution in [0, 0.1) is 0 Å². The van der Waals surface area contributed by atoms with Crippen molar-refractivity contribution in [2.45, 2.75) is 33.2 Å². The monoisotopic (exact) mass is 284 g/mol. The van der Waals surface area contributed by atoms with Crippen molar-refractivity contribution >= 4 is 21.6 Å². The van der Waals surface area contributed by atoms with Gasteiger partial charge in [-0.2, -0.15) is 0 Å². The van der Waals surface area contributed by atoms with E-state index in [-0.39, 0.29) is 0 Å². The predicted molar refractivity (Wildman–Crippen MR) is 74.8 cm³/mol. The van der Waals surface area contributed by atoms with Crippen LogP contribution in [0.25, 0.3) is 0 Å². The molecule has 0 spiro atoms. The van der Waals surface area contributed by atoms with Crippen LogP contribution in [0.4, 0.5) is 5.69 Å². The van der Waals surface area contributed by atoms with Crippen LogP contribution in [0.5, 0.6) is 0 Å². The maximum absolute atomic E-state index is 5.62. The Morgan fingerprint density at radius 2 is 2.06 bits per heavy atom. The van der Waals surface area contributed by atoms with Crippen molar-refractivity contribution in [2.75, 3.05) is 18.0 Å². The highest BCUT2D eigenvalue weighted by molar-refractivity contribution is 9.10. The second-order valence-electron chi connectivity index (χ2n) is 3.92. The number of benzene rings is 1. The molecule has 0 unspecified atom stereocenters. The summed E-state index contributed by atoms with van der Waals surface area (Å²) in [5.74, 6) is 0. The maximum atomic E-state index is 5.62. The van der Waals surface area contributed by atoms with Gasteiger partial charge in [0.15, 0.2) is 0 Å². The molecule has 0 atom stereocenters. The SMILES string of the molecule is CCCCN(CC)c1ccc(CN)cc1Br. The molecule has 0 fully saturated rings. The number of halogens is 1. The molecule has 0 saturated heterocycles. The lowest BCUT2D eigenvalue weighted by molar-refractivity contribution is 0.731. The van der Waals surface area contributed by atoms with Gasteiger partial charge in [-0.25, -0.2) is 0 Å². The Hall–Kier alpha value is -0.540. The van der Waals surface area contributed by atoms with Crippen molar-refractivity contribution in [1.82, 2.24) is 0 Å². The summed E-state index contributed by atoms with van der Waals surface area (Å²) < 4.78 is 1.15. The maximum Gasteiger partial charge on any atom is 0.0510 e. The molecule has 90 valence electrons. The van der Waals surface area contributed by atoms with Gasteiger partial charge in [0.2, 0.25) is 0 Å². The van der Waals surface area contributed by atoms with E-state index in [1.807, 2.05) is 0 Å². The van der Waals surface area contributed by atoms with E-state index in [2.05, 4.69) is 52.9 Å². The minimum atomic E-state index is 0.597. The molecule has 1 rings (SSSR count). The van der Waals surface area contributed by atoms with Crippen LogP contribution in [0.1, 0.15) is 32.3 Å². The third-order valence-electron chi connectivity index (χ3n) is 2.75. The number of nitrogens with zero attached hydrogens (tertiary/aromatic N) is 1. The zero-order chi connectivity index (χ0) is 12.0. The highest BCUT2D eigenvalue weighted by Gasteiger charge is 2.07. The zero-order valence-electron chi connectivity index (χ0n) is 10.2. The fraction of sp³-hybridized carbons (Fsp3) is 0.538. The summed E-state index contributed by atoms with van der Waals surface area (Å²) in [6, 6.07) is 6.38. The van der Waals surface area contributed by atoms with E-state index in [1.54, 1.807) is 0 Å². The molecule has 0 aromatic heterocycles. The Morgan fingerprint density at radius 1 is 1.31 bits per heavy atom. The van der Waals surface area contributed by atoms with Crippen LogP contribution in [0.3, 0.4) is 0 Å². The van der Waals surface area contributed by atoms with Gasteiger partial charge < -0.3 is 10.6 Å². The summed E-state index contributed by atoms with van der Waals surface area (Å²) in [6.45, 7) is 7.17. The van der Waals surface area contributed by atoms with Crippen molar-refractivity contribution in [3.8, 4) is 0 Å². The topological polar surface area (TPSA) is 29.3 Å². The first-order valence-electron chi connectivity index (χ1n) is 5.96. The Labute approximate surface area is 107 Å². The minimum Gasteiger partial charge on any atom is -0.371 e. The molecular weight excluding hydrogens is 264 g/mol. The number of hydrogen-bond donors (Lipinski definition) is 1. The average molecular weight is 285 g/mol. The summed E-state index contributed by atoms with van der Waals surface area (Å²) in [6.07, 6.45) is 2.47. The standard InChI is InChI=1S/C13H21BrN2/c1-3-5-8-16(4-2)13-7-6-11(10-15)9-12(13)14/h6-7,9H,3-5,8,10,15H2,1-2H3. The first-order chi connectivity index (χ1) is 7.72. The van der Waals surface area contributed by atoms with E-state index in [4.69, 9.17) is 5.73 Å². The third-order valence-corrected chi connectivity index (χ3v) is 3.39. The smallest absolute Gasteiger partial charge is 0.0510 e. The molecular formula is C13H21BrN2. The van der Waals surface area contributed by atoms with Gasteiger partial charge in [-0.05, 0) is 47.0 Å². The largest absolute Gasteiger partial charge is 0.371 e. The molecule has 0 aliphatic rings. The molecule has 0 heterocycles. The van der Waals surface area contributed by atoms with Crippen molar-refractivity contribution in [1.29, 1.82) is 0 Å². The van der Waals surface area contributed by atoms with E-state index >= 15 is 0 Å². The second-order valence-corrected chi connectivity index (χ2v) is 4.78. The zero-order valence-corrected chi connectivity index (χ0v) is 11.8. The Bertz CT molecular complexity index is 326. The molecule has 0 aliphatic carbocycles. The highest BCUT2D eigenvalue weighted by atomic mass is 79.9. The molecule has 1 aromatic carbocycles. The van der Waals surface area contributed by atoms with Crippen LogP contribution >= 0.6 is 15.9 Å². The quantitative estimate of drug-likeness (QED) is 0.866. The van der Waals surface area contributed by atoms with Crippen molar-refractivity contribution in [3.63, 3.8) is 0 Å². The fourth-order valence-corrected chi connectivity index (χ4v) is 2.41. The van der Waals surface area contributed by atoms with Crippen LogP contribution in [0.2, 0.25) is 0 Å². The number of rotatable bonds is 6. The summed E-state index contributed by atoms with van der Waals surface area (Å²) in [7, 11) is 0. The Balaban J connectivity index is 2.83. The van der Waals surface area contributed by atoms with Gasteiger partial charge in [0.1, 0.15) is 0 Å². The lowest BCUT2D eigenvalue weighted by Gasteiger charge is -2.24. The summed E-state index contributed by atoms with van der Waals surface area (Å²) >= 11 is 3.62. The summed E-state index contributed by atoms with van der Waals surface area (Å²) in [4.78, 5) is 2.40. The van der Waals surface area contributed by atoms with E-state index in [0.717, 1.165) is 17.6 Å². The van der Waals surface area contributed by atoms with E-state index < -0.39 is 0 Å². The highest BCUT2D eigenvalue weighted by Crippen LogP contribution is 2.27. The predicted octanol–water partition coefficient (Wildman–Crippen LogP) is 3.53. The second kappa shape index (κ2) is 6.92.